The van der Waals surface area contributed by atoms with Gasteiger partial charge in [-0.15, -0.1) is 0 Å². The van der Waals surface area contributed by atoms with E-state index in [1.54, 1.807) is 0 Å². The SMILES string of the molecule is O=C1CN(C[C@H](OCc2ccccc2)[C@H](OCc2ccccc2)[C@@H](COCc2ccccc2)OCc2ccccc2)c2nc(OCc3ccccc3)nc(OCc3ccccc3)c2N1. The molecule has 11 heteroatoms. The molecule has 0 aliphatic carbocycles. The molecule has 8 rings (SSSR count). The molecule has 0 fully saturated rings. The molecule has 1 aromatic heterocycles. The molecule has 11 nitrogen and oxygen atoms in total. The Morgan fingerprint density at radius 2 is 0.906 bits per heavy atom. The van der Waals surface area contributed by atoms with E-state index >= 15 is 0 Å². The van der Waals surface area contributed by atoms with E-state index in [1.165, 1.54) is 0 Å². The molecule has 1 amide bonds. The highest BCUT2D eigenvalue weighted by molar-refractivity contribution is 6.01. The molecule has 1 aliphatic rings. The molecule has 0 bridgehead atoms. The molecule has 6 aromatic carbocycles. The van der Waals surface area contributed by atoms with Crippen molar-refractivity contribution in [2.45, 2.75) is 58.0 Å². The van der Waals surface area contributed by atoms with Crippen LogP contribution in [-0.2, 0) is 63.4 Å². The van der Waals surface area contributed by atoms with Crippen molar-refractivity contribution in [2.24, 2.45) is 0 Å². The van der Waals surface area contributed by atoms with Crippen molar-refractivity contribution in [2.75, 3.05) is 29.9 Å². The summed E-state index contributed by atoms with van der Waals surface area (Å²) in [5, 5.41) is 3.00. The van der Waals surface area contributed by atoms with Gasteiger partial charge in [0.1, 0.15) is 37.2 Å². The number of rotatable bonds is 23. The molecular formula is C53H52N4O7. The van der Waals surface area contributed by atoms with Crippen LogP contribution in [0.2, 0.25) is 0 Å². The van der Waals surface area contributed by atoms with E-state index in [1.807, 2.05) is 187 Å². The van der Waals surface area contributed by atoms with Crippen LogP contribution < -0.4 is 19.7 Å². The molecular weight excluding hydrogens is 805 g/mol. The molecule has 0 unspecified atom stereocenters. The first-order chi connectivity index (χ1) is 31.6. The number of amides is 1. The van der Waals surface area contributed by atoms with E-state index in [4.69, 9.17) is 33.4 Å². The standard InChI is InChI=1S/C53H52N4O7/c58-48-32-57(51-49(54-48)52(63-37-44-27-15-5-16-28-44)56-53(55-51)64-38-45-29-17-6-18-30-45)31-46(60-34-41-21-9-2-10-22-41)50(62-36-43-25-13-4-14-26-43)47(61-35-42-23-11-3-12-24-42)39-59-33-40-19-7-1-8-20-40/h1-30,46-47,50H,31-39H2,(H,54,58)/t46-,47+,50-/m0/s1. The summed E-state index contributed by atoms with van der Waals surface area (Å²) in [7, 11) is 0. The molecule has 7 aromatic rings. The summed E-state index contributed by atoms with van der Waals surface area (Å²) in [4.78, 5) is 25.3. The topological polar surface area (TPSA) is 114 Å². The summed E-state index contributed by atoms with van der Waals surface area (Å²) in [6, 6.07) is 59.7. The Labute approximate surface area is 374 Å². The second-order valence-corrected chi connectivity index (χ2v) is 15.4. The lowest BCUT2D eigenvalue weighted by Gasteiger charge is -2.38. The fourth-order valence-electron chi connectivity index (χ4n) is 7.29. The number of aromatic nitrogens is 2. The van der Waals surface area contributed by atoms with Crippen molar-refractivity contribution in [3.8, 4) is 11.9 Å². The molecule has 0 radical (unpaired) electrons. The fourth-order valence-corrected chi connectivity index (χ4v) is 7.29. The largest absolute Gasteiger partial charge is 0.471 e. The molecule has 326 valence electrons. The number of ether oxygens (including phenoxy) is 6. The third kappa shape index (κ3) is 12.8. The van der Waals surface area contributed by atoms with Crippen molar-refractivity contribution in [3.05, 3.63) is 215 Å². The lowest BCUT2D eigenvalue weighted by Crippen LogP contribution is -2.52. The number of fused-ring (bicyclic) bond motifs is 1. The number of nitrogens with zero attached hydrogens (tertiary/aromatic N) is 3. The average molecular weight is 857 g/mol. The number of carbonyl (C=O) groups excluding carboxylic acids is 1. The van der Waals surface area contributed by atoms with E-state index in [-0.39, 0.29) is 63.9 Å². The van der Waals surface area contributed by atoms with Crippen LogP contribution in [0.1, 0.15) is 33.4 Å². The van der Waals surface area contributed by atoms with Gasteiger partial charge in [-0.1, -0.05) is 182 Å². The third-order valence-electron chi connectivity index (χ3n) is 10.6. The smallest absolute Gasteiger partial charge is 0.322 e. The van der Waals surface area contributed by atoms with E-state index < -0.39 is 18.3 Å². The zero-order valence-electron chi connectivity index (χ0n) is 35.6. The van der Waals surface area contributed by atoms with E-state index in [0.29, 0.717) is 24.7 Å². The third-order valence-corrected chi connectivity index (χ3v) is 10.6. The Bertz CT molecular complexity index is 2450. The van der Waals surface area contributed by atoms with Gasteiger partial charge in [-0.2, -0.15) is 9.97 Å². The van der Waals surface area contributed by atoms with Gasteiger partial charge >= 0.3 is 6.01 Å². The van der Waals surface area contributed by atoms with Crippen LogP contribution >= 0.6 is 0 Å². The van der Waals surface area contributed by atoms with Gasteiger partial charge in [-0.25, -0.2) is 0 Å². The Morgan fingerprint density at radius 1 is 0.484 bits per heavy atom. The summed E-state index contributed by atoms with van der Waals surface area (Å²) >= 11 is 0. The van der Waals surface area contributed by atoms with Crippen molar-refractivity contribution < 1.29 is 33.2 Å². The molecule has 0 saturated carbocycles. The van der Waals surface area contributed by atoms with Gasteiger partial charge in [0, 0.05) is 6.54 Å². The van der Waals surface area contributed by atoms with Crippen LogP contribution in [0.25, 0.3) is 0 Å². The minimum absolute atomic E-state index is 0.0308. The maximum absolute atomic E-state index is 13.8. The van der Waals surface area contributed by atoms with Crippen LogP contribution in [-0.4, -0.2) is 53.9 Å². The minimum Gasteiger partial charge on any atom is -0.471 e. The van der Waals surface area contributed by atoms with Crippen LogP contribution in [0.4, 0.5) is 11.5 Å². The highest BCUT2D eigenvalue weighted by Gasteiger charge is 2.38. The van der Waals surface area contributed by atoms with Crippen molar-refractivity contribution in [1.29, 1.82) is 0 Å². The van der Waals surface area contributed by atoms with Crippen molar-refractivity contribution in [3.63, 3.8) is 0 Å². The molecule has 3 atom stereocenters. The fraction of sp³-hybridized carbons (Fsp3) is 0.226. The van der Waals surface area contributed by atoms with Gasteiger partial charge < -0.3 is 38.6 Å². The Kier molecular flexibility index (Phi) is 15.7. The van der Waals surface area contributed by atoms with Gasteiger partial charge in [0.15, 0.2) is 5.82 Å². The molecule has 64 heavy (non-hydrogen) atoms. The summed E-state index contributed by atoms with van der Waals surface area (Å²) in [6.07, 6.45) is -2.02. The Morgan fingerprint density at radius 3 is 1.41 bits per heavy atom. The predicted octanol–water partition coefficient (Wildman–Crippen LogP) is 9.37. The zero-order valence-corrected chi connectivity index (χ0v) is 35.6. The molecule has 2 heterocycles. The highest BCUT2D eigenvalue weighted by Crippen LogP contribution is 2.38. The zero-order chi connectivity index (χ0) is 43.6. The van der Waals surface area contributed by atoms with Gasteiger partial charge in [0.05, 0.1) is 39.6 Å². The summed E-state index contributed by atoms with van der Waals surface area (Å²) < 4.78 is 39.8. The maximum atomic E-state index is 13.8. The first kappa shape index (κ1) is 43.7. The van der Waals surface area contributed by atoms with E-state index in [2.05, 4.69) is 10.3 Å². The molecule has 0 saturated heterocycles. The summed E-state index contributed by atoms with van der Waals surface area (Å²) in [5.41, 5.74) is 6.22. The molecule has 1 aliphatic heterocycles. The summed E-state index contributed by atoms with van der Waals surface area (Å²) in [6.45, 7) is 1.99. The molecule has 1 N–H and O–H groups in total. The van der Waals surface area contributed by atoms with E-state index in [9.17, 15) is 4.79 Å². The van der Waals surface area contributed by atoms with Crippen LogP contribution in [0.3, 0.4) is 0 Å². The van der Waals surface area contributed by atoms with Crippen LogP contribution in [0, 0.1) is 0 Å². The highest BCUT2D eigenvalue weighted by atomic mass is 16.6. The van der Waals surface area contributed by atoms with Crippen LogP contribution in [0.5, 0.6) is 11.9 Å². The number of hydrogen-bond donors (Lipinski definition) is 1. The van der Waals surface area contributed by atoms with Gasteiger partial charge in [-0.05, 0) is 33.4 Å². The predicted molar refractivity (Wildman–Crippen MR) is 246 cm³/mol. The first-order valence-electron chi connectivity index (χ1n) is 21.5. The molecule has 0 spiro atoms. The Hall–Kier alpha value is -6.89. The monoisotopic (exact) mass is 856 g/mol. The first-order valence-corrected chi connectivity index (χ1v) is 21.5. The van der Waals surface area contributed by atoms with Gasteiger partial charge in [0.25, 0.3) is 0 Å². The minimum atomic E-state index is -0.707. The summed E-state index contributed by atoms with van der Waals surface area (Å²) in [5.74, 6) is 0.357. The van der Waals surface area contributed by atoms with Crippen molar-refractivity contribution in [1.82, 2.24) is 9.97 Å². The number of carbonyl (C=O) groups is 1. The Balaban J connectivity index is 1.16. The van der Waals surface area contributed by atoms with Crippen LogP contribution in [0.15, 0.2) is 182 Å². The van der Waals surface area contributed by atoms with E-state index in [0.717, 1.165) is 33.4 Å². The van der Waals surface area contributed by atoms with Crippen molar-refractivity contribution >= 4 is 17.4 Å². The lowest BCUT2D eigenvalue weighted by molar-refractivity contribution is -0.166. The average Bonchev–Trinajstić information content (AvgIpc) is 3.35. The lowest BCUT2D eigenvalue weighted by atomic mass is 10.1. The van der Waals surface area contributed by atoms with Gasteiger partial charge in [-0.3, -0.25) is 4.79 Å². The number of benzene rings is 6. The second kappa shape index (κ2) is 23.0. The number of nitrogens with one attached hydrogen (secondary N) is 1. The number of anilines is 2. The second-order valence-electron chi connectivity index (χ2n) is 15.4. The number of hydrogen-bond acceptors (Lipinski definition) is 10. The normalized spacial score (nSPS) is 13.6. The maximum Gasteiger partial charge on any atom is 0.322 e. The quantitative estimate of drug-likeness (QED) is 0.0668. The van der Waals surface area contributed by atoms with Gasteiger partial charge in [0.2, 0.25) is 11.8 Å².